The summed E-state index contributed by atoms with van der Waals surface area (Å²) < 4.78 is 18.8. The molecule has 3 aromatic carbocycles. The Morgan fingerprint density at radius 1 is 0.306 bits per heavy atom. The number of hydroxylamine groups is 3. The number of nitrogens with zero attached hydrogens (tertiary/aromatic N) is 3. The number of carbonyl (C=O) groups is 4. The number of hydrogen-bond acceptors (Lipinski definition) is 19. The van der Waals surface area contributed by atoms with Crippen molar-refractivity contribution in [2.75, 3.05) is 33.5 Å². The van der Waals surface area contributed by atoms with Gasteiger partial charge >= 0.3 is 23.7 Å². The second-order valence-electron chi connectivity index (χ2n) is 28.9. The van der Waals surface area contributed by atoms with E-state index in [4.69, 9.17) is 41.5 Å². The number of carbonyl (C=O) groups excluding carboxylic acids is 4. The molecule has 0 radical (unpaired) electrons. The molecule has 0 bridgehead atoms. The van der Waals surface area contributed by atoms with Gasteiger partial charge in [0.05, 0.1) is 48.3 Å². The second-order valence-corrected chi connectivity index (χ2v) is 29.2. The highest BCUT2D eigenvalue weighted by molar-refractivity contribution is 6.61. The van der Waals surface area contributed by atoms with E-state index in [2.05, 4.69) is 156 Å². The van der Waals surface area contributed by atoms with Gasteiger partial charge in [-0.1, -0.05) is 279 Å². The van der Waals surface area contributed by atoms with E-state index in [-0.39, 0.29) is 34.3 Å². The number of unbranched alkanes of at least 4 members (excludes halogenated alkanes) is 36. The number of amides is 3. The molecule has 0 aliphatic rings. The molecule has 0 unspecified atom stereocenters. The van der Waals surface area contributed by atoms with E-state index in [1.54, 1.807) is 0 Å². The molecule has 0 spiro atoms. The van der Waals surface area contributed by atoms with Crippen LogP contribution in [0.4, 0.5) is 36.2 Å². The Hall–Kier alpha value is -8.85. The molecule has 0 heterocycles. The smallest absolute Gasteiger partial charge is 0.436 e. The fourth-order valence-corrected chi connectivity index (χ4v) is 11.4. The monoisotopic (exact) mass is 1710 g/mol. The van der Waals surface area contributed by atoms with E-state index in [0.717, 1.165) is 96.3 Å². The summed E-state index contributed by atoms with van der Waals surface area (Å²) >= 11 is 4.92. The first kappa shape index (κ1) is 114. The molecule has 0 saturated carbocycles. The Balaban J connectivity index is 0. The second kappa shape index (κ2) is 91.9. The average Bonchev–Trinajstić information content (AvgIpc) is 0.910. The van der Waals surface area contributed by atoms with E-state index in [0.29, 0.717) is 26.4 Å². The SMILES string of the molecule is CCCCC/C=C\C/C=C\CCCCCCCCON.CCCCC/C=C\C/C=C\CCCCCCCCONC(=O)OC.CCCCC/C=C\C/C=C\CCCCCCCCONC(=O)Oc1ccc([N+](=O)[O-])cc1.CCCCC/C=C\C/C=C\CCCCCCCCONC(=O)Oc1ccc([N+](=O)[O-])cc1.O=C(Cl)Oc1ccc([N+](=O)[O-])cc1. The quantitative estimate of drug-likeness (QED) is 0.0134. The Labute approximate surface area is 730 Å². The molecule has 26 heteroatoms. The molecule has 0 atom stereocenters. The van der Waals surface area contributed by atoms with Crippen LogP contribution in [0.25, 0.3) is 0 Å². The average molecular weight is 1720 g/mol. The number of nitrogens with two attached hydrogens (primary N) is 1. The van der Waals surface area contributed by atoms with Gasteiger partial charge in [-0.05, 0) is 190 Å². The lowest BCUT2D eigenvalue weighted by atomic mass is 10.1. The number of non-ortho nitro benzene ring substituents is 3. The Morgan fingerprint density at radius 2 is 0.512 bits per heavy atom. The summed E-state index contributed by atoms with van der Waals surface area (Å²) in [7, 11) is 1.32. The van der Waals surface area contributed by atoms with Gasteiger partial charge in [0.25, 0.3) is 17.1 Å². The number of nitrogens with one attached hydrogen (secondary N) is 3. The molecule has 0 saturated heterocycles. The number of ether oxygens (including phenoxy) is 4. The normalized spacial score (nSPS) is 11.2. The first-order valence-corrected chi connectivity index (χ1v) is 45.2. The topological polar surface area (TPSA) is 334 Å². The number of halogens is 1. The molecule has 682 valence electrons. The Bertz CT molecular complexity index is 3080. The van der Waals surface area contributed by atoms with Crippen LogP contribution in [0.5, 0.6) is 17.2 Å². The van der Waals surface area contributed by atoms with Crippen LogP contribution in [0.2, 0.25) is 0 Å². The van der Waals surface area contributed by atoms with Gasteiger partial charge in [-0.3, -0.25) is 44.9 Å². The predicted octanol–water partition coefficient (Wildman–Crippen LogP) is 29.0. The van der Waals surface area contributed by atoms with Gasteiger partial charge in [0, 0.05) is 48.0 Å². The summed E-state index contributed by atoms with van der Waals surface area (Å²) in [5, 5.41) is 31.4. The van der Waals surface area contributed by atoms with Crippen molar-refractivity contribution in [2.24, 2.45) is 5.90 Å². The first-order chi connectivity index (χ1) is 59.1. The summed E-state index contributed by atoms with van der Waals surface area (Å²) in [6.45, 7) is 11.0. The molecule has 3 rings (SSSR count). The third kappa shape index (κ3) is 85.9. The van der Waals surface area contributed by atoms with Crippen LogP contribution < -0.4 is 36.5 Å². The predicted molar refractivity (Wildman–Crippen MR) is 490 cm³/mol. The minimum Gasteiger partial charge on any atom is -0.451 e. The maximum Gasteiger partial charge on any atom is 0.436 e. The molecule has 25 nitrogen and oxygen atoms in total. The van der Waals surface area contributed by atoms with Crippen molar-refractivity contribution in [1.29, 1.82) is 0 Å². The maximum absolute atomic E-state index is 11.6. The minimum atomic E-state index is -0.978. The highest BCUT2D eigenvalue weighted by Crippen LogP contribution is 2.21. The molecule has 0 aliphatic carbocycles. The van der Waals surface area contributed by atoms with Crippen molar-refractivity contribution in [3.8, 4) is 17.2 Å². The van der Waals surface area contributed by atoms with E-state index >= 15 is 0 Å². The number of nitro groups is 3. The molecular weight excluding hydrogens is 1560 g/mol. The number of allylic oxidation sites excluding steroid dienone is 16. The van der Waals surface area contributed by atoms with Crippen LogP contribution >= 0.6 is 11.6 Å². The van der Waals surface area contributed by atoms with Gasteiger partial charge < -0.3 is 23.8 Å². The molecule has 3 aromatic rings. The highest BCUT2D eigenvalue weighted by Gasteiger charge is 2.11. The third-order valence-electron chi connectivity index (χ3n) is 18.2. The Kier molecular flexibility index (Phi) is 86.7. The fourth-order valence-electron chi connectivity index (χ4n) is 11.3. The van der Waals surface area contributed by atoms with Crippen LogP contribution in [0.15, 0.2) is 170 Å². The van der Waals surface area contributed by atoms with Crippen molar-refractivity contribution >= 4 is 52.4 Å². The van der Waals surface area contributed by atoms with Gasteiger partial charge in [-0.15, -0.1) is 0 Å². The van der Waals surface area contributed by atoms with E-state index in [9.17, 15) is 49.5 Å². The molecular formula is C95H152ClN7O18. The summed E-state index contributed by atoms with van der Waals surface area (Å²) in [4.78, 5) is 93.7. The summed E-state index contributed by atoms with van der Waals surface area (Å²) in [6, 6.07) is 15.5. The van der Waals surface area contributed by atoms with E-state index in [1.807, 2.05) is 0 Å². The zero-order chi connectivity index (χ0) is 88.9. The van der Waals surface area contributed by atoms with Crippen molar-refractivity contribution in [1.82, 2.24) is 16.4 Å². The summed E-state index contributed by atoms with van der Waals surface area (Å²) in [6.07, 6.45) is 92.6. The van der Waals surface area contributed by atoms with E-state index < -0.39 is 38.5 Å². The van der Waals surface area contributed by atoms with Crippen molar-refractivity contribution in [3.05, 3.63) is 200 Å². The fraction of sp³-hybridized carbons (Fsp3) is 0.600. The summed E-state index contributed by atoms with van der Waals surface area (Å²) in [5.41, 5.74) is 5.46. The number of nitro benzene ring substituents is 3. The van der Waals surface area contributed by atoms with Crippen LogP contribution in [0, 0.1) is 30.3 Å². The van der Waals surface area contributed by atoms with Crippen molar-refractivity contribution < 1.29 is 72.2 Å². The lowest BCUT2D eigenvalue weighted by Crippen LogP contribution is -2.27. The van der Waals surface area contributed by atoms with Crippen molar-refractivity contribution in [3.63, 3.8) is 0 Å². The van der Waals surface area contributed by atoms with Gasteiger partial charge in [-0.2, -0.15) is 16.4 Å². The first-order valence-electron chi connectivity index (χ1n) is 44.9. The number of benzene rings is 3. The lowest BCUT2D eigenvalue weighted by molar-refractivity contribution is -0.385. The zero-order valence-electron chi connectivity index (χ0n) is 74.1. The zero-order valence-corrected chi connectivity index (χ0v) is 74.8. The molecule has 0 fully saturated rings. The van der Waals surface area contributed by atoms with Crippen LogP contribution in [0.1, 0.15) is 336 Å². The molecule has 0 aromatic heterocycles. The molecule has 5 N–H and O–H groups in total. The third-order valence-corrected chi connectivity index (χ3v) is 18.3. The summed E-state index contributed by atoms with van der Waals surface area (Å²) in [5.74, 6) is 5.58. The van der Waals surface area contributed by atoms with Crippen LogP contribution in [-0.4, -0.2) is 72.0 Å². The minimum absolute atomic E-state index is 0.0635. The van der Waals surface area contributed by atoms with Gasteiger partial charge in [0.1, 0.15) is 17.2 Å². The van der Waals surface area contributed by atoms with Gasteiger partial charge in [0.15, 0.2) is 0 Å². The van der Waals surface area contributed by atoms with E-state index in [1.165, 1.54) is 292 Å². The van der Waals surface area contributed by atoms with Crippen LogP contribution in [0.3, 0.4) is 0 Å². The largest absolute Gasteiger partial charge is 0.451 e. The van der Waals surface area contributed by atoms with Crippen molar-refractivity contribution in [2.45, 2.75) is 336 Å². The standard InChI is InChI=1S/2C25H38N2O5.C20H37NO3.C18H35NO.C7H4ClNO4/c2*1-2-3-4-5-6-7-8-9-10-11-12-13-14-15-16-17-22-31-26-25(28)32-24-20-18-23(19-21-24)27(29)30;1-3-4-5-6-7-8-9-10-11-12-13-14-15-16-17-18-19-24-21-20(22)23-2;1-2-3-4-5-6-7-8-9-10-11-12-13-14-15-16-17-18-20-19;8-7(10)13-6-3-1-5(2-4-6)9(11)12/h2*6-7,9-10,18-21H,2-5,8,11-17,22H2,1H3,(H,26,28);7-8,10-11H,3-6,9,12-19H2,1-2H3,(H,21,22);6-7,9-10H,2-5,8,11-19H2,1H3;1-4H/b2*7-6-,10-9-;8-7-,11-10-;7-6-,10-9-;. The molecule has 0 aliphatic heterocycles. The van der Waals surface area contributed by atoms with Crippen LogP contribution in [-0.2, 0) is 24.1 Å². The number of methoxy groups -OCH3 is 1. The highest BCUT2D eigenvalue weighted by atomic mass is 35.5. The van der Waals surface area contributed by atoms with Gasteiger partial charge in [-0.25, -0.2) is 25.1 Å². The Morgan fingerprint density at radius 3 is 0.727 bits per heavy atom. The molecule has 3 amide bonds. The lowest BCUT2D eigenvalue weighted by Gasteiger charge is -2.07. The molecule has 121 heavy (non-hydrogen) atoms. The number of rotatable bonds is 69. The van der Waals surface area contributed by atoms with Gasteiger partial charge in [0.2, 0.25) is 0 Å². The maximum atomic E-state index is 11.6. The number of hydrogen-bond donors (Lipinski definition) is 4.